The summed E-state index contributed by atoms with van der Waals surface area (Å²) in [6.07, 6.45) is 5.97. The Morgan fingerprint density at radius 1 is 1.27 bits per heavy atom. The molecular weight excluding hydrogens is 296 g/mol. The van der Waals surface area contributed by atoms with Crippen molar-refractivity contribution in [2.45, 2.75) is 38.1 Å². The second kappa shape index (κ2) is 7.56. The van der Waals surface area contributed by atoms with Gasteiger partial charge in [0.1, 0.15) is 5.82 Å². The first kappa shape index (κ1) is 15.2. The van der Waals surface area contributed by atoms with Crippen molar-refractivity contribution in [1.29, 1.82) is 0 Å². The molecular formula is C16H22N4OS. The third-order valence-corrected chi connectivity index (χ3v) is 4.51. The molecule has 1 saturated carbocycles. The molecule has 1 aromatic heterocycles. The van der Waals surface area contributed by atoms with Crippen LogP contribution >= 0.6 is 11.5 Å². The first-order valence-corrected chi connectivity index (χ1v) is 8.56. The van der Waals surface area contributed by atoms with E-state index in [1.165, 1.54) is 42.9 Å². The smallest absolute Gasteiger partial charge is 0.207 e. The number of hydrogen-bond donors (Lipinski definition) is 2. The van der Waals surface area contributed by atoms with E-state index in [4.69, 9.17) is 4.74 Å². The molecule has 1 aromatic carbocycles. The van der Waals surface area contributed by atoms with Crippen molar-refractivity contribution in [3.63, 3.8) is 0 Å². The van der Waals surface area contributed by atoms with Crippen LogP contribution in [0.4, 0.5) is 16.5 Å². The minimum absolute atomic E-state index is 0.623. The van der Waals surface area contributed by atoms with Crippen molar-refractivity contribution in [2.75, 3.05) is 24.4 Å². The highest BCUT2D eigenvalue weighted by atomic mass is 32.1. The maximum Gasteiger partial charge on any atom is 0.207 e. The second-order valence-corrected chi connectivity index (χ2v) is 6.34. The summed E-state index contributed by atoms with van der Waals surface area (Å²) in [5.74, 6) is 0.828. The Labute approximate surface area is 135 Å². The predicted molar refractivity (Wildman–Crippen MR) is 91.1 cm³/mol. The van der Waals surface area contributed by atoms with Gasteiger partial charge in [-0.2, -0.15) is 4.37 Å². The van der Waals surface area contributed by atoms with Gasteiger partial charge in [0.25, 0.3) is 0 Å². The van der Waals surface area contributed by atoms with Gasteiger partial charge in [-0.25, -0.2) is 4.98 Å². The fourth-order valence-corrected chi connectivity index (χ4v) is 3.35. The van der Waals surface area contributed by atoms with E-state index < -0.39 is 0 Å². The van der Waals surface area contributed by atoms with Crippen LogP contribution in [0.15, 0.2) is 24.3 Å². The minimum Gasteiger partial charge on any atom is -0.384 e. The average Bonchev–Trinajstić information content (AvgIpc) is 3.17. The number of nitrogens with zero attached hydrogens (tertiary/aromatic N) is 2. The second-order valence-electron chi connectivity index (χ2n) is 5.59. The molecule has 0 spiro atoms. The summed E-state index contributed by atoms with van der Waals surface area (Å²) in [4.78, 5) is 4.47. The maximum absolute atomic E-state index is 5.05. The third kappa shape index (κ3) is 4.18. The zero-order valence-electron chi connectivity index (χ0n) is 12.8. The Kier molecular flexibility index (Phi) is 5.24. The van der Waals surface area contributed by atoms with Crippen molar-refractivity contribution in [3.8, 4) is 0 Å². The van der Waals surface area contributed by atoms with Crippen LogP contribution in [0.5, 0.6) is 0 Å². The Morgan fingerprint density at radius 3 is 2.91 bits per heavy atom. The highest BCUT2D eigenvalue weighted by Gasteiger charge is 2.14. The number of hydrogen-bond acceptors (Lipinski definition) is 6. The summed E-state index contributed by atoms with van der Waals surface area (Å²) in [6, 6.07) is 8.99. The zero-order chi connectivity index (χ0) is 15.2. The number of methoxy groups -OCH3 is 1. The van der Waals surface area contributed by atoms with E-state index in [9.17, 15) is 0 Å². The lowest BCUT2D eigenvalue weighted by Gasteiger charge is -2.14. The van der Waals surface area contributed by atoms with E-state index in [1.54, 1.807) is 7.11 Å². The van der Waals surface area contributed by atoms with Crippen LogP contribution in [0, 0.1) is 0 Å². The number of benzene rings is 1. The number of aromatic nitrogens is 2. The molecule has 0 unspecified atom stereocenters. The molecule has 0 aliphatic heterocycles. The lowest BCUT2D eigenvalue weighted by Crippen LogP contribution is -2.14. The van der Waals surface area contributed by atoms with Gasteiger partial charge in [0.15, 0.2) is 0 Å². The van der Waals surface area contributed by atoms with E-state index >= 15 is 0 Å². The Morgan fingerprint density at radius 2 is 2.09 bits per heavy atom. The molecule has 2 aromatic rings. The minimum atomic E-state index is 0.623. The quantitative estimate of drug-likeness (QED) is 0.812. The van der Waals surface area contributed by atoms with Gasteiger partial charge in [-0.05, 0) is 31.0 Å². The van der Waals surface area contributed by atoms with Gasteiger partial charge < -0.3 is 15.4 Å². The SMILES string of the molecule is COCCc1nsc(Nc2cccc(NC3CCCC3)c2)n1. The molecule has 1 aliphatic carbocycles. The maximum atomic E-state index is 5.05. The first-order valence-electron chi connectivity index (χ1n) is 7.78. The lowest BCUT2D eigenvalue weighted by molar-refractivity contribution is 0.201. The van der Waals surface area contributed by atoms with Crippen molar-refractivity contribution >= 4 is 28.0 Å². The van der Waals surface area contributed by atoms with Gasteiger partial charge in [0.2, 0.25) is 5.13 Å². The Bertz CT molecular complexity index is 595. The van der Waals surface area contributed by atoms with Crippen LogP contribution in [0.2, 0.25) is 0 Å². The molecule has 6 heteroatoms. The Balaban J connectivity index is 1.60. The number of nitrogens with one attached hydrogen (secondary N) is 2. The van der Waals surface area contributed by atoms with E-state index in [-0.39, 0.29) is 0 Å². The van der Waals surface area contributed by atoms with Gasteiger partial charge in [0.05, 0.1) is 6.61 Å². The Hall–Kier alpha value is -1.66. The molecule has 22 heavy (non-hydrogen) atoms. The summed E-state index contributed by atoms with van der Waals surface area (Å²) >= 11 is 1.39. The normalized spacial score (nSPS) is 15.1. The molecule has 0 atom stereocenters. The zero-order valence-corrected chi connectivity index (χ0v) is 13.7. The highest BCUT2D eigenvalue weighted by Crippen LogP contribution is 2.25. The molecule has 0 radical (unpaired) electrons. The van der Waals surface area contributed by atoms with E-state index in [0.29, 0.717) is 12.6 Å². The van der Waals surface area contributed by atoms with Crippen LogP contribution in [-0.2, 0) is 11.2 Å². The van der Waals surface area contributed by atoms with Crippen molar-refractivity contribution < 1.29 is 4.74 Å². The molecule has 1 heterocycles. The topological polar surface area (TPSA) is 59.1 Å². The molecule has 5 nitrogen and oxygen atoms in total. The monoisotopic (exact) mass is 318 g/mol. The van der Waals surface area contributed by atoms with E-state index in [0.717, 1.165) is 23.1 Å². The lowest BCUT2D eigenvalue weighted by atomic mass is 10.2. The fourth-order valence-electron chi connectivity index (χ4n) is 2.72. The highest BCUT2D eigenvalue weighted by molar-refractivity contribution is 7.09. The van der Waals surface area contributed by atoms with Crippen molar-refractivity contribution in [2.24, 2.45) is 0 Å². The fraction of sp³-hybridized carbons (Fsp3) is 0.500. The van der Waals surface area contributed by atoms with Crippen LogP contribution < -0.4 is 10.6 Å². The molecule has 0 bridgehead atoms. The van der Waals surface area contributed by atoms with E-state index in [1.807, 2.05) is 0 Å². The molecule has 3 rings (SSSR count). The van der Waals surface area contributed by atoms with Crippen LogP contribution in [0.25, 0.3) is 0 Å². The van der Waals surface area contributed by atoms with Gasteiger partial charge in [-0.1, -0.05) is 18.9 Å². The average molecular weight is 318 g/mol. The molecule has 0 amide bonds. The number of rotatable bonds is 7. The summed E-state index contributed by atoms with van der Waals surface area (Å²) in [7, 11) is 1.69. The van der Waals surface area contributed by atoms with E-state index in [2.05, 4.69) is 44.3 Å². The van der Waals surface area contributed by atoms with Crippen LogP contribution in [0.3, 0.4) is 0 Å². The number of anilines is 3. The van der Waals surface area contributed by atoms with Crippen molar-refractivity contribution in [3.05, 3.63) is 30.1 Å². The van der Waals surface area contributed by atoms with Crippen LogP contribution in [-0.4, -0.2) is 29.1 Å². The summed E-state index contributed by atoms with van der Waals surface area (Å²) in [6.45, 7) is 0.650. The van der Waals surface area contributed by atoms with Crippen molar-refractivity contribution in [1.82, 2.24) is 9.36 Å². The third-order valence-electron chi connectivity index (χ3n) is 3.84. The molecule has 118 valence electrons. The van der Waals surface area contributed by atoms with Gasteiger partial charge in [-0.15, -0.1) is 0 Å². The summed E-state index contributed by atoms with van der Waals surface area (Å²) < 4.78 is 9.38. The molecule has 0 saturated heterocycles. The summed E-state index contributed by atoms with van der Waals surface area (Å²) in [5, 5.41) is 7.76. The first-order chi connectivity index (χ1) is 10.8. The standard InChI is InChI=1S/C16H22N4OS/c1-21-10-9-15-19-16(22-20-15)18-14-8-4-7-13(11-14)17-12-5-2-3-6-12/h4,7-8,11-12,17H,2-3,5-6,9-10H2,1H3,(H,18,19,20). The molecule has 1 fully saturated rings. The summed E-state index contributed by atoms with van der Waals surface area (Å²) in [5.41, 5.74) is 2.21. The largest absolute Gasteiger partial charge is 0.384 e. The van der Waals surface area contributed by atoms with Gasteiger partial charge in [0, 0.05) is 42.5 Å². The van der Waals surface area contributed by atoms with Gasteiger partial charge in [-0.3, -0.25) is 0 Å². The molecule has 1 aliphatic rings. The van der Waals surface area contributed by atoms with Crippen LogP contribution in [0.1, 0.15) is 31.5 Å². The van der Waals surface area contributed by atoms with Gasteiger partial charge >= 0.3 is 0 Å². The number of ether oxygens (including phenoxy) is 1. The predicted octanol–water partition coefficient (Wildman–Crippen LogP) is 3.83. The molecule has 2 N–H and O–H groups in total.